The summed E-state index contributed by atoms with van der Waals surface area (Å²) in [7, 11) is 0. The van der Waals surface area contributed by atoms with Gasteiger partial charge in [0, 0.05) is 10.4 Å². The molecule has 0 saturated heterocycles. The summed E-state index contributed by atoms with van der Waals surface area (Å²) in [6, 6.07) is 18.4. The van der Waals surface area contributed by atoms with Crippen molar-refractivity contribution in [2.75, 3.05) is 0 Å². The second kappa shape index (κ2) is 4.05. The summed E-state index contributed by atoms with van der Waals surface area (Å²) >= 11 is 1.74. The van der Waals surface area contributed by atoms with Gasteiger partial charge >= 0.3 is 0 Å². The monoisotopic (exact) mass is 264 g/mol. The number of rotatable bonds is 0. The third-order valence-electron chi connectivity index (χ3n) is 3.71. The summed E-state index contributed by atoms with van der Waals surface area (Å²) in [5.41, 5.74) is 5.51. The Morgan fingerprint density at radius 3 is 2.16 bits per heavy atom. The molecule has 3 aromatic rings. The van der Waals surface area contributed by atoms with Gasteiger partial charge in [0.15, 0.2) is 0 Å². The van der Waals surface area contributed by atoms with Crippen molar-refractivity contribution in [3.8, 4) is 21.6 Å². The van der Waals surface area contributed by atoms with Crippen LogP contribution in [0.3, 0.4) is 0 Å². The summed E-state index contributed by atoms with van der Waals surface area (Å²) < 4.78 is 0. The highest BCUT2D eigenvalue weighted by atomic mass is 32.1. The molecule has 1 nitrogen and oxygen atoms in total. The van der Waals surface area contributed by atoms with Crippen molar-refractivity contribution in [3.05, 3.63) is 71.1 Å². The first-order chi connectivity index (χ1) is 9.36. The first kappa shape index (κ1) is 11.0. The maximum absolute atomic E-state index is 10.7. The molecule has 0 spiro atoms. The Labute approximate surface area is 115 Å². The van der Waals surface area contributed by atoms with Crippen LogP contribution in [0, 0.1) is 0 Å². The third-order valence-corrected chi connectivity index (χ3v) is 4.66. The number of hydrogen-bond acceptors (Lipinski definition) is 2. The van der Waals surface area contributed by atoms with Crippen LogP contribution in [0.1, 0.15) is 17.2 Å². The van der Waals surface area contributed by atoms with Crippen molar-refractivity contribution in [1.29, 1.82) is 0 Å². The van der Waals surface area contributed by atoms with Crippen molar-refractivity contribution in [1.82, 2.24) is 0 Å². The molecule has 19 heavy (non-hydrogen) atoms. The van der Waals surface area contributed by atoms with Crippen molar-refractivity contribution < 1.29 is 5.11 Å². The average molecular weight is 264 g/mol. The van der Waals surface area contributed by atoms with Crippen LogP contribution in [-0.4, -0.2) is 5.11 Å². The second-order valence-corrected chi connectivity index (χ2v) is 5.66. The van der Waals surface area contributed by atoms with Gasteiger partial charge in [-0.3, -0.25) is 0 Å². The topological polar surface area (TPSA) is 20.2 Å². The number of fused-ring (bicyclic) bond motifs is 5. The molecule has 0 amide bonds. The fraction of sp³-hybridized carbons (Fsp3) is 0.0588. The molecule has 2 heteroatoms. The van der Waals surface area contributed by atoms with Gasteiger partial charge in [0.2, 0.25) is 0 Å². The van der Waals surface area contributed by atoms with Gasteiger partial charge in [-0.15, -0.1) is 11.3 Å². The molecule has 1 aliphatic carbocycles. The van der Waals surface area contributed by atoms with Gasteiger partial charge in [0.1, 0.15) is 6.10 Å². The van der Waals surface area contributed by atoms with E-state index in [2.05, 4.69) is 23.6 Å². The minimum absolute atomic E-state index is 0.549. The van der Waals surface area contributed by atoms with Crippen LogP contribution in [0.5, 0.6) is 0 Å². The predicted molar refractivity (Wildman–Crippen MR) is 79.3 cm³/mol. The molecular weight excluding hydrogens is 252 g/mol. The minimum atomic E-state index is -0.549. The highest BCUT2D eigenvalue weighted by Gasteiger charge is 2.25. The Bertz CT molecular complexity index is 695. The second-order valence-electron chi connectivity index (χ2n) is 4.74. The van der Waals surface area contributed by atoms with Crippen LogP contribution in [0.2, 0.25) is 0 Å². The lowest BCUT2D eigenvalue weighted by molar-refractivity contribution is 0.222. The van der Waals surface area contributed by atoms with Crippen LogP contribution >= 0.6 is 11.3 Å². The van der Waals surface area contributed by atoms with Crippen LogP contribution in [0.25, 0.3) is 21.6 Å². The van der Waals surface area contributed by atoms with E-state index in [9.17, 15) is 5.11 Å². The zero-order valence-corrected chi connectivity index (χ0v) is 11.0. The van der Waals surface area contributed by atoms with Gasteiger partial charge in [-0.05, 0) is 33.7 Å². The van der Waals surface area contributed by atoms with Crippen molar-refractivity contribution in [3.63, 3.8) is 0 Å². The third kappa shape index (κ3) is 1.51. The van der Waals surface area contributed by atoms with Gasteiger partial charge < -0.3 is 5.11 Å². The van der Waals surface area contributed by atoms with E-state index in [1.54, 1.807) is 11.3 Å². The lowest BCUT2D eigenvalue weighted by atomic mass is 9.96. The molecule has 1 atom stereocenters. The maximum atomic E-state index is 10.7. The van der Waals surface area contributed by atoms with E-state index < -0.39 is 6.10 Å². The number of benzene rings is 2. The lowest BCUT2D eigenvalue weighted by Crippen LogP contribution is -2.00. The molecular formula is C17H12OS. The van der Waals surface area contributed by atoms with Crippen LogP contribution < -0.4 is 0 Å². The highest BCUT2D eigenvalue weighted by Crippen LogP contribution is 2.46. The summed E-state index contributed by atoms with van der Waals surface area (Å²) in [6.07, 6.45) is -0.549. The Balaban J connectivity index is 2.15. The van der Waals surface area contributed by atoms with Gasteiger partial charge in [-0.2, -0.15) is 0 Å². The quantitative estimate of drug-likeness (QED) is 0.635. The van der Waals surface area contributed by atoms with E-state index in [0.29, 0.717) is 0 Å². The lowest BCUT2D eigenvalue weighted by Gasteiger charge is -2.14. The maximum Gasteiger partial charge on any atom is 0.105 e. The van der Waals surface area contributed by atoms with E-state index in [4.69, 9.17) is 0 Å². The number of aliphatic hydroxyl groups is 1. The van der Waals surface area contributed by atoms with Gasteiger partial charge in [0.05, 0.1) is 0 Å². The SMILES string of the molecule is OC1c2ccccc2-c2ccsc2-c2ccccc21. The predicted octanol–water partition coefficient (Wildman–Crippen LogP) is 4.48. The highest BCUT2D eigenvalue weighted by molar-refractivity contribution is 7.14. The van der Waals surface area contributed by atoms with Crippen molar-refractivity contribution >= 4 is 11.3 Å². The Morgan fingerprint density at radius 1 is 0.737 bits per heavy atom. The number of thiophene rings is 1. The van der Waals surface area contributed by atoms with E-state index in [1.807, 2.05) is 36.4 Å². The van der Waals surface area contributed by atoms with Crippen LogP contribution in [0.4, 0.5) is 0 Å². The molecule has 92 valence electrons. The minimum Gasteiger partial charge on any atom is -0.384 e. The molecule has 1 aromatic heterocycles. The molecule has 0 bridgehead atoms. The standard InChI is InChI=1S/C17H12OS/c18-16-12-6-2-1-5-11(12)15-9-10-19-17(15)14-8-4-3-7-13(14)16/h1-10,16,18H. The summed E-state index contributed by atoms with van der Waals surface area (Å²) in [4.78, 5) is 1.25. The normalized spacial score (nSPS) is 16.2. The van der Waals surface area contributed by atoms with Gasteiger partial charge in [-0.1, -0.05) is 48.5 Å². The zero-order chi connectivity index (χ0) is 12.8. The molecule has 1 N–H and O–H groups in total. The average Bonchev–Trinajstić information content (AvgIpc) is 2.92. The summed E-state index contributed by atoms with van der Waals surface area (Å²) in [5.74, 6) is 0. The number of aliphatic hydroxyl groups excluding tert-OH is 1. The molecule has 1 heterocycles. The fourth-order valence-electron chi connectivity index (χ4n) is 2.82. The van der Waals surface area contributed by atoms with Crippen LogP contribution in [0.15, 0.2) is 60.0 Å². The molecule has 4 rings (SSSR count). The van der Waals surface area contributed by atoms with Gasteiger partial charge in [0.25, 0.3) is 0 Å². The van der Waals surface area contributed by atoms with E-state index >= 15 is 0 Å². The Kier molecular flexibility index (Phi) is 2.34. The summed E-state index contributed by atoms with van der Waals surface area (Å²) in [5, 5.41) is 12.8. The Hall–Kier alpha value is -1.90. The number of hydrogen-bond donors (Lipinski definition) is 1. The van der Waals surface area contributed by atoms with Gasteiger partial charge in [-0.25, -0.2) is 0 Å². The molecule has 1 aliphatic rings. The van der Waals surface area contributed by atoms with E-state index in [1.165, 1.54) is 10.4 Å². The van der Waals surface area contributed by atoms with Crippen molar-refractivity contribution in [2.45, 2.75) is 6.10 Å². The first-order valence-corrected chi connectivity index (χ1v) is 7.18. The molecule has 0 radical (unpaired) electrons. The zero-order valence-electron chi connectivity index (χ0n) is 10.2. The fourth-order valence-corrected chi connectivity index (χ4v) is 3.78. The largest absolute Gasteiger partial charge is 0.384 e. The molecule has 0 aliphatic heterocycles. The molecule has 2 aromatic carbocycles. The Morgan fingerprint density at radius 2 is 1.37 bits per heavy atom. The molecule has 0 saturated carbocycles. The first-order valence-electron chi connectivity index (χ1n) is 6.30. The smallest absolute Gasteiger partial charge is 0.105 e. The van der Waals surface area contributed by atoms with Crippen LogP contribution in [-0.2, 0) is 0 Å². The van der Waals surface area contributed by atoms with E-state index in [-0.39, 0.29) is 0 Å². The molecule has 0 fully saturated rings. The van der Waals surface area contributed by atoms with E-state index in [0.717, 1.165) is 22.3 Å². The molecule has 1 unspecified atom stereocenters. The van der Waals surface area contributed by atoms with Crippen molar-refractivity contribution in [2.24, 2.45) is 0 Å². The summed E-state index contributed by atoms with van der Waals surface area (Å²) in [6.45, 7) is 0.